The maximum Gasteiger partial charge on any atom is 0.326 e. The second kappa shape index (κ2) is 11.2. The number of amides is 2. The number of rotatable bonds is 6. The molecule has 39 heavy (non-hydrogen) atoms. The first-order valence-corrected chi connectivity index (χ1v) is 14.3. The molecule has 3 aromatic rings. The van der Waals surface area contributed by atoms with Crippen molar-refractivity contribution in [3.63, 3.8) is 0 Å². The third-order valence-electron chi connectivity index (χ3n) is 8.57. The molecule has 204 valence electrons. The van der Waals surface area contributed by atoms with Crippen LogP contribution < -0.4 is 16.3 Å². The van der Waals surface area contributed by atoms with E-state index in [2.05, 4.69) is 27.8 Å². The molecule has 0 spiro atoms. The summed E-state index contributed by atoms with van der Waals surface area (Å²) in [5.74, 6) is 0.714. The topological polar surface area (TPSA) is 99.2 Å². The summed E-state index contributed by atoms with van der Waals surface area (Å²) in [5.41, 5.74) is 2.84. The monoisotopic (exact) mass is 527 g/mol. The summed E-state index contributed by atoms with van der Waals surface area (Å²) in [6.45, 7) is 1.10. The van der Waals surface area contributed by atoms with E-state index in [1.54, 1.807) is 9.47 Å². The number of aromatic nitrogens is 2. The van der Waals surface area contributed by atoms with Crippen LogP contribution in [0.1, 0.15) is 62.6 Å². The van der Waals surface area contributed by atoms with Gasteiger partial charge in [0.25, 0.3) is 0 Å². The molecular formula is C31H37N5O3. The van der Waals surface area contributed by atoms with E-state index in [1.165, 1.54) is 18.4 Å². The maximum atomic E-state index is 13.6. The maximum absolute atomic E-state index is 13.6. The van der Waals surface area contributed by atoms with Crippen molar-refractivity contribution < 1.29 is 9.59 Å². The second-order valence-corrected chi connectivity index (χ2v) is 11.3. The fraction of sp³-hybridized carbons (Fsp3) is 0.452. The van der Waals surface area contributed by atoms with Gasteiger partial charge in [-0.1, -0.05) is 73.5 Å². The normalized spacial score (nSPS) is 24.4. The van der Waals surface area contributed by atoms with E-state index in [0.717, 1.165) is 24.1 Å². The van der Waals surface area contributed by atoms with Crippen LogP contribution in [0, 0.1) is 5.92 Å². The molecular weight excluding hydrogens is 490 g/mol. The summed E-state index contributed by atoms with van der Waals surface area (Å²) in [6.07, 6.45) is 7.91. The van der Waals surface area contributed by atoms with Gasteiger partial charge in [-0.05, 0) is 49.1 Å². The molecule has 8 heteroatoms. The van der Waals surface area contributed by atoms with Crippen LogP contribution in [0.15, 0.2) is 71.7 Å². The van der Waals surface area contributed by atoms with Crippen LogP contribution in [-0.2, 0) is 4.79 Å². The van der Waals surface area contributed by atoms with E-state index < -0.39 is 6.04 Å². The summed E-state index contributed by atoms with van der Waals surface area (Å²) in [4.78, 5) is 44.3. The van der Waals surface area contributed by atoms with Crippen molar-refractivity contribution >= 4 is 11.8 Å². The molecule has 1 saturated carbocycles. The lowest BCUT2D eigenvalue weighted by Crippen LogP contribution is -2.53. The Hall–Kier alpha value is -3.65. The van der Waals surface area contributed by atoms with Gasteiger partial charge >= 0.3 is 11.7 Å². The molecule has 3 fully saturated rings. The minimum absolute atomic E-state index is 0.0357. The number of hydrogen-bond acceptors (Lipinski definition) is 4. The Kier molecular flexibility index (Phi) is 7.37. The van der Waals surface area contributed by atoms with Crippen LogP contribution in [0.25, 0.3) is 11.3 Å². The molecule has 1 unspecified atom stereocenters. The van der Waals surface area contributed by atoms with Gasteiger partial charge in [0.1, 0.15) is 0 Å². The second-order valence-electron chi connectivity index (χ2n) is 11.3. The zero-order chi connectivity index (χ0) is 26.8. The highest BCUT2D eigenvalue weighted by Crippen LogP contribution is 2.36. The van der Waals surface area contributed by atoms with Crippen molar-refractivity contribution in [1.29, 1.82) is 0 Å². The van der Waals surface area contributed by atoms with Crippen molar-refractivity contribution in [2.45, 2.75) is 69.1 Å². The van der Waals surface area contributed by atoms with Gasteiger partial charge in [0, 0.05) is 31.4 Å². The van der Waals surface area contributed by atoms with Crippen molar-refractivity contribution in [1.82, 2.24) is 25.1 Å². The number of ketones is 1. The average Bonchev–Trinajstić information content (AvgIpc) is 3.74. The molecule has 0 bridgehead atoms. The van der Waals surface area contributed by atoms with Gasteiger partial charge in [-0.3, -0.25) is 9.36 Å². The van der Waals surface area contributed by atoms with Gasteiger partial charge < -0.3 is 20.5 Å². The first-order chi connectivity index (χ1) is 19.0. The Morgan fingerprint density at radius 2 is 1.56 bits per heavy atom. The molecule has 3 atom stereocenters. The molecule has 1 aromatic heterocycles. The average molecular weight is 528 g/mol. The van der Waals surface area contributed by atoms with E-state index in [-0.39, 0.29) is 35.6 Å². The highest BCUT2D eigenvalue weighted by atomic mass is 16.2. The lowest BCUT2D eigenvalue weighted by atomic mass is 9.98. The lowest BCUT2D eigenvalue weighted by Gasteiger charge is -2.33. The van der Waals surface area contributed by atoms with Crippen LogP contribution in [0.3, 0.4) is 0 Å². The molecule has 2 saturated heterocycles. The Bertz CT molecular complexity index is 1340. The number of carbonyl (C=O) groups excluding carboxylic acids is 2. The minimum atomic E-state index is -0.485. The largest absolute Gasteiger partial charge is 0.328 e. The highest BCUT2D eigenvalue weighted by Gasteiger charge is 2.38. The summed E-state index contributed by atoms with van der Waals surface area (Å²) in [5, 5.41) is 6.72. The number of hydrogen-bond donors (Lipinski definition) is 3. The van der Waals surface area contributed by atoms with E-state index in [1.807, 2.05) is 54.7 Å². The number of H-pyrrole nitrogens is 1. The molecule has 6 rings (SSSR count). The van der Waals surface area contributed by atoms with Crippen molar-refractivity contribution in [3.05, 3.63) is 82.9 Å². The van der Waals surface area contributed by atoms with E-state index in [4.69, 9.17) is 0 Å². The minimum Gasteiger partial charge on any atom is -0.328 e. The van der Waals surface area contributed by atoms with Gasteiger partial charge in [0.05, 0.1) is 17.8 Å². The number of benzene rings is 2. The molecule has 0 radical (unpaired) electrons. The van der Waals surface area contributed by atoms with Gasteiger partial charge in [-0.2, -0.15) is 0 Å². The molecule has 2 aliphatic heterocycles. The van der Waals surface area contributed by atoms with E-state index in [9.17, 15) is 14.4 Å². The summed E-state index contributed by atoms with van der Waals surface area (Å²) < 4.78 is 1.77. The lowest BCUT2D eigenvalue weighted by molar-refractivity contribution is -0.122. The number of urea groups is 1. The van der Waals surface area contributed by atoms with Crippen LogP contribution in [0.4, 0.5) is 4.79 Å². The zero-order valence-corrected chi connectivity index (χ0v) is 22.2. The molecule has 3 heterocycles. The number of nitrogens with zero attached hydrogens (tertiary/aromatic N) is 2. The van der Waals surface area contributed by atoms with Gasteiger partial charge in [0.15, 0.2) is 5.78 Å². The number of imidazole rings is 1. The fourth-order valence-corrected chi connectivity index (χ4v) is 6.12. The van der Waals surface area contributed by atoms with Crippen molar-refractivity contribution in [2.24, 2.45) is 5.92 Å². The molecule has 2 aromatic carbocycles. The Labute approximate surface area is 228 Å². The molecule has 8 nitrogen and oxygen atoms in total. The Morgan fingerprint density at radius 1 is 0.872 bits per heavy atom. The van der Waals surface area contributed by atoms with E-state index >= 15 is 0 Å². The number of likely N-dealkylation sites (tertiary alicyclic amines) is 1. The first-order valence-electron chi connectivity index (χ1n) is 14.3. The predicted molar refractivity (Wildman–Crippen MR) is 150 cm³/mol. The summed E-state index contributed by atoms with van der Waals surface area (Å²) >= 11 is 0. The Balaban J connectivity index is 1.08. The van der Waals surface area contributed by atoms with Crippen LogP contribution in [-0.4, -0.2) is 51.4 Å². The van der Waals surface area contributed by atoms with Crippen LogP contribution >= 0.6 is 0 Å². The molecule has 3 aliphatic rings. The van der Waals surface area contributed by atoms with Crippen molar-refractivity contribution in [2.75, 3.05) is 13.1 Å². The molecule has 1 aliphatic carbocycles. The Morgan fingerprint density at radius 3 is 2.26 bits per heavy atom. The van der Waals surface area contributed by atoms with Crippen LogP contribution in [0.2, 0.25) is 0 Å². The number of carbonyl (C=O) groups is 2. The predicted octanol–water partition coefficient (Wildman–Crippen LogP) is 4.42. The number of piperidine rings is 1. The first kappa shape index (κ1) is 25.6. The zero-order valence-electron chi connectivity index (χ0n) is 22.2. The highest BCUT2D eigenvalue weighted by molar-refractivity contribution is 5.92. The summed E-state index contributed by atoms with van der Waals surface area (Å²) in [6, 6.07) is 19.3. The van der Waals surface area contributed by atoms with Gasteiger partial charge in [-0.25, -0.2) is 9.59 Å². The standard InChI is InChI=1S/C31H37N5O3/c37-29-26(14-13-25(22-7-3-1-4-8-22)32-27(29)19-21-11-12-21)33-30(38)35-17-15-24(16-18-35)36-20-28(34-31(36)39)23-9-5-2-6-10-23/h1-10,20-21,24-27,32H,11-19H2,(H,33,38)(H,34,39)/t25-,26+,27?/m0/s1. The summed E-state index contributed by atoms with van der Waals surface area (Å²) in [7, 11) is 0. The third kappa shape index (κ3) is 5.86. The molecule has 2 amide bonds. The third-order valence-corrected chi connectivity index (χ3v) is 8.57. The van der Waals surface area contributed by atoms with Crippen molar-refractivity contribution in [3.8, 4) is 11.3 Å². The SMILES string of the molecule is O=C1C(CC2CC2)N[C@H](c2ccccc2)CC[C@H]1NC(=O)N1CCC(n2cc(-c3ccccc3)[nH]c2=O)CC1. The number of Topliss-reactive ketones (excluding diaryl/α,β-unsaturated/α-hetero) is 1. The number of nitrogens with one attached hydrogen (secondary N) is 3. The molecule has 3 N–H and O–H groups in total. The fourth-order valence-electron chi connectivity index (χ4n) is 6.12. The quantitative estimate of drug-likeness (QED) is 0.442. The van der Waals surface area contributed by atoms with E-state index in [0.29, 0.717) is 38.3 Å². The number of aromatic amines is 1. The van der Waals surface area contributed by atoms with Gasteiger partial charge in [-0.15, -0.1) is 0 Å². The van der Waals surface area contributed by atoms with Crippen LogP contribution in [0.5, 0.6) is 0 Å². The van der Waals surface area contributed by atoms with Gasteiger partial charge in [0.2, 0.25) is 0 Å². The smallest absolute Gasteiger partial charge is 0.326 e.